The average molecular weight is 846 g/mol. The molecule has 10 aromatic carbocycles. The summed E-state index contributed by atoms with van der Waals surface area (Å²) in [7, 11) is 0. The summed E-state index contributed by atoms with van der Waals surface area (Å²) in [5, 5.41) is 11.0. The molecule has 0 fully saturated rings. The van der Waals surface area contributed by atoms with Gasteiger partial charge < -0.3 is 0 Å². The van der Waals surface area contributed by atoms with E-state index in [2.05, 4.69) is 176 Å². The van der Waals surface area contributed by atoms with E-state index in [1.165, 1.54) is 86.2 Å². The molecule has 1 aliphatic carbocycles. The molecule has 0 amide bonds. The standard InChI is InChI=1S/C61H39N3S/c1-4-20-38(21-5-1)53-41-26-10-12-28-43(41)54(44-29-13-11-27-42(44)53)49-34-18-36-51-57(49)58-50(35-19-37-52(58)65-51)55-45-30-14-16-32-47(45)56(48-33-17-15-31-46(48)55)61-63-59(39-22-6-2-7-23-39)62-60(64-61)40-24-8-3-9-25-40/h1-17,19-35,37H,18,36H2. The molecule has 3 nitrogen and oxygen atoms in total. The van der Waals surface area contributed by atoms with Crippen LogP contribution in [0.4, 0.5) is 0 Å². The van der Waals surface area contributed by atoms with Crippen LogP contribution in [0.15, 0.2) is 212 Å². The molecule has 2 heterocycles. The lowest BCUT2D eigenvalue weighted by Gasteiger charge is -2.23. The smallest absolute Gasteiger partial charge is 0.165 e. The Morgan fingerprint density at radius 2 is 0.738 bits per heavy atom. The third-order valence-corrected chi connectivity index (χ3v) is 14.4. The van der Waals surface area contributed by atoms with Crippen LogP contribution in [0.25, 0.3) is 115 Å². The predicted molar refractivity (Wildman–Crippen MR) is 274 cm³/mol. The Hall–Kier alpha value is -8.05. The largest absolute Gasteiger partial charge is 0.208 e. The monoisotopic (exact) mass is 845 g/mol. The molecule has 12 aromatic rings. The number of fused-ring (bicyclic) bond motifs is 7. The molecule has 0 N–H and O–H groups in total. The maximum absolute atomic E-state index is 5.29. The highest BCUT2D eigenvalue weighted by atomic mass is 32.1. The van der Waals surface area contributed by atoms with Gasteiger partial charge in [0.15, 0.2) is 17.5 Å². The molecular formula is C61H39N3S. The first-order valence-corrected chi connectivity index (χ1v) is 23.2. The van der Waals surface area contributed by atoms with E-state index in [0.717, 1.165) is 40.3 Å². The molecule has 304 valence electrons. The number of hydrogen-bond donors (Lipinski definition) is 0. The van der Waals surface area contributed by atoms with Crippen LogP contribution in [0.3, 0.4) is 0 Å². The summed E-state index contributed by atoms with van der Waals surface area (Å²) in [6, 6.07) is 74.1. The summed E-state index contributed by atoms with van der Waals surface area (Å²) in [5.41, 5.74) is 11.9. The van der Waals surface area contributed by atoms with Crippen molar-refractivity contribution in [3.05, 3.63) is 228 Å². The van der Waals surface area contributed by atoms with Crippen molar-refractivity contribution in [2.45, 2.75) is 12.8 Å². The van der Waals surface area contributed by atoms with E-state index in [4.69, 9.17) is 15.0 Å². The first kappa shape index (κ1) is 37.5. The van der Waals surface area contributed by atoms with Gasteiger partial charge in [-0.3, -0.25) is 0 Å². The van der Waals surface area contributed by atoms with Gasteiger partial charge in [0.25, 0.3) is 0 Å². The second-order valence-corrected chi connectivity index (χ2v) is 18.0. The Labute approximate surface area is 380 Å². The van der Waals surface area contributed by atoms with Crippen molar-refractivity contribution in [2.24, 2.45) is 0 Å². The fraction of sp³-hybridized carbons (Fsp3) is 0.0328. The first-order chi connectivity index (χ1) is 32.3. The predicted octanol–water partition coefficient (Wildman–Crippen LogP) is 16.4. The van der Waals surface area contributed by atoms with Crippen LogP contribution in [-0.2, 0) is 6.42 Å². The maximum atomic E-state index is 5.29. The lowest BCUT2D eigenvalue weighted by molar-refractivity contribution is 1.01. The molecule has 0 radical (unpaired) electrons. The number of nitrogens with zero attached hydrogens (tertiary/aromatic N) is 3. The van der Waals surface area contributed by atoms with Crippen LogP contribution in [-0.4, -0.2) is 15.0 Å². The van der Waals surface area contributed by atoms with Crippen LogP contribution < -0.4 is 0 Å². The van der Waals surface area contributed by atoms with Gasteiger partial charge in [-0.15, -0.1) is 11.3 Å². The quantitative estimate of drug-likeness (QED) is 0.157. The van der Waals surface area contributed by atoms with Crippen molar-refractivity contribution in [3.63, 3.8) is 0 Å². The van der Waals surface area contributed by atoms with Gasteiger partial charge in [0.05, 0.1) is 0 Å². The van der Waals surface area contributed by atoms with E-state index >= 15 is 0 Å². The molecule has 0 bridgehead atoms. The van der Waals surface area contributed by atoms with E-state index in [9.17, 15) is 0 Å². The number of benzene rings is 10. The Kier molecular flexibility index (Phi) is 8.85. The molecule has 4 heteroatoms. The van der Waals surface area contributed by atoms with Crippen LogP contribution in [0.2, 0.25) is 0 Å². The van der Waals surface area contributed by atoms with Crippen molar-refractivity contribution in [3.8, 4) is 56.4 Å². The molecule has 1 aliphatic rings. The van der Waals surface area contributed by atoms with Crippen LogP contribution >= 0.6 is 11.3 Å². The highest BCUT2D eigenvalue weighted by Crippen LogP contribution is 2.52. The first-order valence-electron chi connectivity index (χ1n) is 22.3. The third-order valence-electron chi connectivity index (χ3n) is 13.2. The average Bonchev–Trinajstić information content (AvgIpc) is 3.78. The van der Waals surface area contributed by atoms with Gasteiger partial charge in [0, 0.05) is 37.2 Å². The fourth-order valence-corrected chi connectivity index (χ4v) is 11.7. The number of aromatic nitrogens is 3. The highest BCUT2D eigenvalue weighted by Gasteiger charge is 2.28. The van der Waals surface area contributed by atoms with Gasteiger partial charge in [-0.05, 0) is 95.4 Å². The van der Waals surface area contributed by atoms with Gasteiger partial charge in [0.2, 0.25) is 0 Å². The van der Waals surface area contributed by atoms with Crippen molar-refractivity contribution in [1.29, 1.82) is 0 Å². The van der Waals surface area contributed by atoms with Gasteiger partial charge in [-0.1, -0.05) is 206 Å². The zero-order valence-corrected chi connectivity index (χ0v) is 36.2. The van der Waals surface area contributed by atoms with Crippen molar-refractivity contribution >= 4 is 70.1 Å². The molecule has 0 saturated carbocycles. The lowest BCUT2D eigenvalue weighted by atomic mass is 9.80. The van der Waals surface area contributed by atoms with Gasteiger partial charge >= 0.3 is 0 Å². The Morgan fingerprint density at radius 1 is 0.323 bits per heavy atom. The lowest BCUT2D eigenvalue weighted by Crippen LogP contribution is -2.02. The van der Waals surface area contributed by atoms with Crippen molar-refractivity contribution in [1.82, 2.24) is 15.0 Å². The summed E-state index contributed by atoms with van der Waals surface area (Å²) < 4.78 is 1.31. The molecular weight excluding hydrogens is 807 g/mol. The zero-order chi connectivity index (χ0) is 42.8. The fourth-order valence-electron chi connectivity index (χ4n) is 10.5. The Balaban J connectivity index is 1.09. The summed E-state index contributed by atoms with van der Waals surface area (Å²) >= 11 is 1.96. The van der Waals surface area contributed by atoms with Crippen molar-refractivity contribution < 1.29 is 0 Å². The van der Waals surface area contributed by atoms with Gasteiger partial charge in [-0.2, -0.15) is 0 Å². The van der Waals surface area contributed by atoms with Crippen LogP contribution in [0, 0.1) is 0 Å². The molecule has 0 aliphatic heterocycles. The second-order valence-electron chi connectivity index (χ2n) is 16.8. The van der Waals surface area contributed by atoms with Crippen LogP contribution in [0.5, 0.6) is 0 Å². The number of rotatable bonds is 6. The summed E-state index contributed by atoms with van der Waals surface area (Å²) in [5.74, 6) is 1.96. The molecule has 2 aromatic heterocycles. The number of allylic oxidation sites excluding steroid dienone is 1. The second kappa shape index (κ2) is 15.3. The highest BCUT2D eigenvalue weighted by molar-refractivity contribution is 7.19. The van der Waals surface area contributed by atoms with E-state index < -0.39 is 0 Å². The SMILES string of the molecule is C1=C(c2c3ccccc3c(-c3ccccc3)c3ccccc23)c2c(sc3cccc(-c4c5ccccc5c(-c5nc(-c6ccccc6)nc(-c6ccccc6)n5)c5ccccc45)c23)CC1. The minimum Gasteiger partial charge on any atom is -0.208 e. The zero-order valence-electron chi connectivity index (χ0n) is 35.4. The molecule has 65 heavy (non-hydrogen) atoms. The topological polar surface area (TPSA) is 38.7 Å². The van der Waals surface area contributed by atoms with E-state index in [1.54, 1.807) is 0 Å². The summed E-state index contributed by atoms with van der Waals surface area (Å²) in [6.07, 6.45) is 4.54. The molecule has 0 unspecified atom stereocenters. The Morgan fingerprint density at radius 3 is 1.25 bits per heavy atom. The molecule has 0 atom stereocenters. The van der Waals surface area contributed by atoms with E-state index in [0.29, 0.717) is 17.5 Å². The van der Waals surface area contributed by atoms with E-state index in [-0.39, 0.29) is 0 Å². The van der Waals surface area contributed by atoms with E-state index in [1.807, 2.05) is 47.7 Å². The third kappa shape index (κ3) is 6.06. The molecule has 0 spiro atoms. The van der Waals surface area contributed by atoms with Crippen molar-refractivity contribution in [2.75, 3.05) is 0 Å². The maximum Gasteiger partial charge on any atom is 0.165 e. The summed E-state index contributed by atoms with van der Waals surface area (Å²) in [6.45, 7) is 0. The minimum atomic E-state index is 0.650. The summed E-state index contributed by atoms with van der Waals surface area (Å²) in [4.78, 5) is 17.1. The van der Waals surface area contributed by atoms with Crippen LogP contribution in [0.1, 0.15) is 22.4 Å². The molecule has 13 rings (SSSR count). The number of aryl methyl sites for hydroxylation is 1. The minimum absolute atomic E-state index is 0.650. The normalized spacial score (nSPS) is 12.6. The molecule has 0 saturated heterocycles. The van der Waals surface area contributed by atoms with Gasteiger partial charge in [-0.25, -0.2) is 15.0 Å². The van der Waals surface area contributed by atoms with Gasteiger partial charge in [0.1, 0.15) is 0 Å². The Bertz CT molecular complexity index is 3700. The number of hydrogen-bond acceptors (Lipinski definition) is 4. The number of thiophene rings is 1.